The van der Waals surface area contributed by atoms with Gasteiger partial charge in [-0.25, -0.2) is 0 Å². The minimum atomic E-state index is -0.985. The number of hydrogen-bond donors (Lipinski definition) is 2. The second-order valence-corrected chi connectivity index (χ2v) is 7.50. The number of nitrogens with zero attached hydrogens (tertiary/aromatic N) is 1. The molecule has 1 aromatic rings. The Morgan fingerprint density at radius 2 is 2.00 bits per heavy atom. The van der Waals surface area contributed by atoms with E-state index in [1.165, 1.54) is 25.1 Å². The first-order valence-electron chi connectivity index (χ1n) is 9.71. The Kier molecular flexibility index (Phi) is 7.69. The third-order valence-corrected chi connectivity index (χ3v) is 5.42. The standard InChI is InChI=1S/C20H27N3O6/c1-12-6-4-9-17(13(12)2)22-19(25)14(3)29-18(24)11-21-20(26)15-7-5-8-16(10-15)23(27)28/h5,7-8,10,12-14,17H,4,6,9,11H2,1-3H3,(H,21,26)(H,22,25)/t12-,13+,14+,17+/m0/s1. The number of nitro groups is 1. The number of non-ortho nitro benzene ring substituents is 1. The summed E-state index contributed by atoms with van der Waals surface area (Å²) >= 11 is 0. The maximum atomic E-state index is 12.3. The molecule has 2 N–H and O–H groups in total. The summed E-state index contributed by atoms with van der Waals surface area (Å²) < 4.78 is 5.09. The third-order valence-electron chi connectivity index (χ3n) is 5.42. The molecule has 4 atom stereocenters. The first-order valence-corrected chi connectivity index (χ1v) is 9.71. The number of carbonyl (C=O) groups is 3. The Balaban J connectivity index is 1.80. The highest BCUT2D eigenvalue weighted by Gasteiger charge is 2.30. The number of rotatable bonds is 7. The van der Waals surface area contributed by atoms with Gasteiger partial charge in [-0.15, -0.1) is 0 Å². The van der Waals surface area contributed by atoms with Crippen LogP contribution in [-0.4, -0.2) is 41.4 Å². The van der Waals surface area contributed by atoms with Gasteiger partial charge >= 0.3 is 5.97 Å². The van der Waals surface area contributed by atoms with E-state index in [2.05, 4.69) is 24.5 Å². The van der Waals surface area contributed by atoms with Gasteiger partial charge < -0.3 is 15.4 Å². The Morgan fingerprint density at radius 1 is 1.28 bits per heavy atom. The van der Waals surface area contributed by atoms with Crippen LogP contribution in [0.25, 0.3) is 0 Å². The van der Waals surface area contributed by atoms with Gasteiger partial charge in [0.05, 0.1) is 4.92 Å². The molecule has 1 saturated carbocycles. The van der Waals surface area contributed by atoms with E-state index < -0.39 is 29.4 Å². The lowest BCUT2D eigenvalue weighted by Gasteiger charge is -2.35. The van der Waals surface area contributed by atoms with Gasteiger partial charge in [-0.1, -0.05) is 32.8 Å². The molecule has 158 valence electrons. The smallest absolute Gasteiger partial charge is 0.326 e. The van der Waals surface area contributed by atoms with E-state index in [1.54, 1.807) is 0 Å². The highest BCUT2D eigenvalue weighted by molar-refractivity contribution is 5.96. The Morgan fingerprint density at radius 3 is 2.69 bits per heavy atom. The molecule has 0 heterocycles. The molecule has 29 heavy (non-hydrogen) atoms. The molecule has 1 aromatic carbocycles. The molecule has 0 radical (unpaired) electrons. The van der Waals surface area contributed by atoms with Gasteiger partial charge in [0, 0.05) is 23.7 Å². The molecule has 1 fully saturated rings. The van der Waals surface area contributed by atoms with Gasteiger partial charge in [0.15, 0.2) is 6.10 Å². The van der Waals surface area contributed by atoms with Crippen LogP contribution in [-0.2, 0) is 14.3 Å². The number of hydrogen-bond acceptors (Lipinski definition) is 6. The summed E-state index contributed by atoms with van der Waals surface area (Å²) in [4.78, 5) is 46.5. The quantitative estimate of drug-likeness (QED) is 0.407. The number of nitrogens with one attached hydrogen (secondary N) is 2. The van der Waals surface area contributed by atoms with Crippen molar-refractivity contribution in [3.8, 4) is 0 Å². The monoisotopic (exact) mass is 405 g/mol. The van der Waals surface area contributed by atoms with Gasteiger partial charge in [-0.3, -0.25) is 24.5 Å². The normalized spacial score (nSPS) is 22.2. The zero-order valence-corrected chi connectivity index (χ0v) is 16.8. The fraction of sp³-hybridized carbons (Fsp3) is 0.550. The number of esters is 1. The van der Waals surface area contributed by atoms with E-state index >= 15 is 0 Å². The number of carbonyl (C=O) groups excluding carboxylic acids is 3. The molecule has 0 unspecified atom stereocenters. The predicted molar refractivity (Wildman–Crippen MR) is 105 cm³/mol. The van der Waals surface area contributed by atoms with Crippen molar-refractivity contribution in [2.75, 3.05) is 6.54 Å². The van der Waals surface area contributed by atoms with Crippen molar-refractivity contribution in [3.63, 3.8) is 0 Å². The first kappa shape index (κ1) is 22.3. The van der Waals surface area contributed by atoms with E-state index in [1.807, 2.05) is 0 Å². The van der Waals surface area contributed by atoms with Crippen molar-refractivity contribution in [2.45, 2.75) is 52.2 Å². The lowest BCUT2D eigenvalue weighted by atomic mass is 9.78. The van der Waals surface area contributed by atoms with Crippen molar-refractivity contribution < 1.29 is 24.0 Å². The van der Waals surface area contributed by atoms with Crippen molar-refractivity contribution in [1.29, 1.82) is 0 Å². The fourth-order valence-electron chi connectivity index (χ4n) is 3.39. The summed E-state index contributed by atoms with van der Waals surface area (Å²) in [6.45, 7) is 5.30. The van der Waals surface area contributed by atoms with E-state index in [-0.39, 0.29) is 23.2 Å². The Hall–Kier alpha value is -2.97. The lowest BCUT2D eigenvalue weighted by Crippen LogP contribution is -2.48. The maximum absolute atomic E-state index is 12.3. The van der Waals surface area contributed by atoms with Crippen LogP contribution in [0.15, 0.2) is 24.3 Å². The number of benzene rings is 1. The van der Waals surface area contributed by atoms with E-state index in [9.17, 15) is 24.5 Å². The van der Waals surface area contributed by atoms with Crippen LogP contribution >= 0.6 is 0 Å². The second kappa shape index (κ2) is 9.99. The van der Waals surface area contributed by atoms with Crippen LogP contribution in [0.5, 0.6) is 0 Å². The summed E-state index contributed by atoms with van der Waals surface area (Å²) in [6, 6.07) is 5.21. The highest BCUT2D eigenvalue weighted by Crippen LogP contribution is 2.29. The molecule has 9 heteroatoms. The van der Waals surface area contributed by atoms with Crippen LogP contribution in [0, 0.1) is 22.0 Å². The number of ether oxygens (including phenoxy) is 1. The zero-order chi connectivity index (χ0) is 21.6. The average molecular weight is 405 g/mol. The topological polar surface area (TPSA) is 128 Å². The summed E-state index contributed by atoms with van der Waals surface area (Å²) in [6.07, 6.45) is 2.11. The van der Waals surface area contributed by atoms with Crippen LogP contribution in [0.2, 0.25) is 0 Å². The molecule has 1 aliphatic rings. The van der Waals surface area contributed by atoms with E-state index in [0.29, 0.717) is 11.8 Å². The zero-order valence-electron chi connectivity index (χ0n) is 16.8. The predicted octanol–water partition coefficient (Wildman–Crippen LogP) is 2.20. The van der Waals surface area contributed by atoms with Crippen molar-refractivity contribution in [1.82, 2.24) is 10.6 Å². The minimum absolute atomic E-state index is 0.0539. The minimum Gasteiger partial charge on any atom is -0.451 e. The van der Waals surface area contributed by atoms with Gasteiger partial charge in [0.2, 0.25) is 0 Å². The van der Waals surface area contributed by atoms with Crippen LogP contribution in [0.3, 0.4) is 0 Å². The van der Waals surface area contributed by atoms with Crippen molar-refractivity contribution in [3.05, 3.63) is 39.9 Å². The second-order valence-electron chi connectivity index (χ2n) is 7.50. The fourth-order valence-corrected chi connectivity index (χ4v) is 3.39. The van der Waals surface area contributed by atoms with E-state index in [0.717, 1.165) is 25.3 Å². The van der Waals surface area contributed by atoms with Crippen LogP contribution in [0.4, 0.5) is 5.69 Å². The molecular formula is C20H27N3O6. The SMILES string of the molecule is C[C@@H]1[C@@H](C)CCC[C@H]1NC(=O)[C@@H](C)OC(=O)CNC(=O)c1cccc([N+](=O)[O-])c1. The summed E-state index contributed by atoms with van der Waals surface area (Å²) in [5, 5.41) is 16.0. The average Bonchev–Trinajstić information content (AvgIpc) is 2.69. The van der Waals surface area contributed by atoms with Crippen molar-refractivity contribution in [2.24, 2.45) is 11.8 Å². The van der Waals surface area contributed by atoms with Gasteiger partial charge in [0.25, 0.3) is 17.5 Å². The maximum Gasteiger partial charge on any atom is 0.326 e. The van der Waals surface area contributed by atoms with Crippen LogP contribution in [0.1, 0.15) is 50.4 Å². The molecule has 0 spiro atoms. The Bertz CT molecular complexity index is 781. The van der Waals surface area contributed by atoms with Crippen molar-refractivity contribution >= 4 is 23.5 Å². The lowest BCUT2D eigenvalue weighted by molar-refractivity contribution is -0.384. The van der Waals surface area contributed by atoms with Gasteiger partial charge in [-0.2, -0.15) is 0 Å². The molecule has 0 aromatic heterocycles. The molecule has 9 nitrogen and oxygen atoms in total. The highest BCUT2D eigenvalue weighted by atomic mass is 16.6. The number of amides is 2. The first-order chi connectivity index (χ1) is 13.7. The van der Waals surface area contributed by atoms with Crippen LogP contribution < -0.4 is 10.6 Å². The summed E-state index contributed by atoms with van der Waals surface area (Å²) in [5.41, 5.74) is -0.171. The van der Waals surface area contributed by atoms with E-state index in [4.69, 9.17) is 4.74 Å². The molecular weight excluding hydrogens is 378 g/mol. The molecule has 1 aliphatic carbocycles. The molecule has 2 amide bonds. The number of nitro benzene ring substituents is 1. The van der Waals surface area contributed by atoms with Gasteiger partial charge in [-0.05, 0) is 31.2 Å². The third kappa shape index (κ3) is 6.27. The molecule has 2 rings (SSSR count). The summed E-state index contributed by atoms with van der Waals surface area (Å²) in [5.74, 6) is -0.903. The summed E-state index contributed by atoms with van der Waals surface area (Å²) in [7, 11) is 0. The van der Waals surface area contributed by atoms with Gasteiger partial charge in [0.1, 0.15) is 6.54 Å². The largest absolute Gasteiger partial charge is 0.451 e. The molecule has 0 saturated heterocycles. The molecule has 0 bridgehead atoms. The molecule has 0 aliphatic heterocycles. The Labute approximate surface area is 169 Å².